The van der Waals surface area contributed by atoms with Crippen molar-refractivity contribution in [3.63, 3.8) is 0 Å². The molecule has 4 rings (SSSR count). The summed E-state index contributed by atoms with van der Waals surface area (Å²) in [7, 11) is 0. The molecule has 0 fully saturated rings. The maximum absolute atomic E-state index is 12.8. The first-order valence-corrected chi connectivity index (χ1v) is 11.3. The summed E-state index contributed by atoms with van der Waals surface area (Å²) in [6.07, 6.45) is 1.41. The summed E-state index contributed by atoms with van der Waals surface area (Å²) >= 11 is 7.67. The Hall–Kier alpha value is -3.68. The molecule has 0 saturated carbocycles. The zero-order valence-corrected chi connectivity index (χ0v) is 19.2. The van der Waals surface area contributed by atoms with E-state index in [2.05, 4.69) is 10.5 Å². The summed E-state index contributed by atoms with van der Waals surface area (Å²) in [5.41, 5.74) is 3.36. The molecule has 1 aromatic heterocycles. The van der Waals surface area contributed by atoms with Crippen molar-refractivity contribution >= 4 is 51.1 Å². The van der Waals surface area contributed by atoms with Crippen LogP contribution in [-0.2, 0) is 0 Å². The van der Waals surface area contributed by atoms with Crippen LogP contribution in [0.5, 0.6) is 11.5 Å². The van der Waals surface area contributed by atoms with Gasteiger partial charge in [-0.3, -0.25) is 4.79 Å². The van der Waals surface area contributed by atoms with Crippen LogP contribution in [0.2, 0.25) is 5.02 Å². The maximum atomic E-state index is 12.8. The first kappa shape index (κ1) is 22.5. The van der Waals surface area contributed by atoms with E-state index in [-0.39, 0.29) is 0 Å². The van der Waals surface area contributed by atoms with Crippen LogP contribution < -0.4 is 14.9 Å². The number of amides is 1. The highest BCUT2D eigenvalue weighted by molar-refractivity contribution is 7.21. The molecule has 33 heavy (non-hydrogen) atoms. The van der Waals surface area contributed by atoms with Crippen LogP contribution in [0.15, 0.2) is 77.9 Å². The van der Waals surface area contributed by atoms with E-state index in [4.69, 9.17) is 21.1 Å². The molecule has 0 radical (unpaired) electrons. The van der Waals surface area contributed by atoms with Gasteiger partial charge in [-0.15, -0.1) is 11.3 Å². The van der Waals surface area contributed by atoms with Crippen molar-refractivity contribution in [2.24, 2.45) is 5.10 Å². The van der Waals surface area contributed by atoms with Gasteiger partial charge in [-0.1, -0.05) is 54.1 Å². The fourth-order valence-electron chi connectivity index (χ4n) is 3.13. The highest BCUT2D eigenvalue weighted by atomic mass is 35.5. The quantitative estimate of drug-likeness (QED) is 0.154. The van der Waals surface area contributed by atoms with E-state index in [1.54, 1.807) is 48.5 Å². The summed E-state index contributed by atoms with van der Waals surface area (Å²) in [6, 6.07) is 21.3. The Morgan fingerprint density at radius 1 is 1.00 bits per heavy atom. The largest absolute Gasteiger partial charge is 0.493 e. The first-order valence-electron chi connectivity index (χ1n) is 10.1. The van der Waals surface area contributed by atoms with Gasteiger partial charge in [0.15, 0.2) is 0 Å². The molecule has 0 spiro atoms. The molecule has 0 aliphatic heterocycles. The predicted octanol–water partition coefficient (Wildman–Crippen LogP) is 5.94. The van der Waals surface area contributed by atoms with Crippen LogP contribution in [-0.4, -0.2) is 24.7 Å². The third-order valence-electron chi connectivity index (χ3n) is 4.64. The fourth-order valence-corrected chi connectivity index (χ4v) is 4.51. The Morgan fingerprint density at radius 2 is 1.70 bits per heavy atom. The van der Waals surface area contributed by atoms with Crippen molar-refractivity contribution in [3.8, 4) is 11.5 Å². The van der Waals surface area contributed by atoms with Crippen molar-refractivity contribution in [3.05, 3.63) is 93.8 Å². The van der Waals surface area contributed by atoms with Gasteiger partial charge in [-0.25, -0.2) is 10.2 Å². The predicted molar refractivity (Wildman–Crippen MR) is 131 cm³/mol. The number of para-hydroxylation sites is 2. The second kappa shape index (κ2) is 10.3. The van der Waals surface area contributed by atoms with E-state index in [1.165, 1.54) is 17.6 Å². The van der Waals surface area contributed by atoms with E-state index in [0.29, 0.717) is 39.1 Å². The summed E-state index contributed by atoms with van der Waals surface area (Å²) in [4.78, 5) is 25.6. The lowest BCUT2D eigenvalue weighted by molar-refractivity contribution is 0.0739. The molecule has 166 valence electrons. The lowest BCUT2D eigenvalue weighted by atomic mass is 10.2. The van der Waals surface area contributed by atoms with Crippen LogP contribution >= 0.6 is 22.9 Å². The van der Waals surface area contributed by atoms with Crippen LogP contribution in [0.3, 0.4) is 0 Å². The lowest BCUT2D eigenvalue weighted by Gasteiger charge is -2.08. The zero-order chi connectivity index (χ0) is 23.2. The zero-order valence-electron chi connectivity index (χ0n) is 17.6. The van der Waals surface area contributed by atoms with Gasteiger partial charge >= 0.3 is 5.97 Å². The number of carbonyl (C=O) groups is 2. The topological polar surface area (TPSA) is 77.0 Å². The van der Waals surface area contributed by atoms with E-state index in [0.717, 1.165) is 10.1 Å². The third-order valence-corrected chi connectivity index (χ3v) is 6.30. The number of thiophene rings is 1. The van der Waals surface area contributed by atoms with Gasteiger partial charge in [0.2, 0.25) is 0 Å². The standard InChI is InChI=1S/C25H19ClN2O4S/c1-2-31-20-13-7-4-10-17(20)24(29)28-27-15-16-9-3-6-12-19(16)32-25(30)23-22(26)18-11-5-8-14-21(18)33-23/h3-15H,2H2,1H3,(H,28,29)/b27-15-. The monoisotopic (exact) mass is 478 g/mol. The summed E-state index contributed by atoms with van der Waals surface area (Å²) in [5, 5.41) is 5.19. The molecule has 6 nitrogen and oxygen atoms in total. The van der Waals surface area contributed by atoms with Gasteiger partial charge in [0.1, 0.15) is 16.4 Å². The number of hydrazone groups is 1. The summed E-state index contributed by atoms with van der Waals surface area (Å²) in [5.74, 6) is -0.204. The third kappa shape index (κ3) is 5.05. The molecule has 0 atom stereocenters. The van der Waals surface area contributed by atoms with Crippen molar-refractivity contribution < 1.29 is 19.1 Å². The Kier molecular flexibility index (Phi) is 7.02. The second-order valence-corrected chi connectivity index (χ2v) is 8.23. The molecule has 0 aliphatic rings. The van der Waals surface area contributed by atoms with Crippen molar-refractivity contribution in [2.75, 3.05) is 6.61 Å². The van der Waals surface area contributed by atoms with E-state index in [9.17, 15) is 9.59 Å². The highest BCUT2D eigenvalue weighted by Crippen LogP contribution is 2.36. The van der Waals surface area contributed by atoms with Crippen LogP contribution in [0.1, 0.15) is 32.5 Å². The van der Waals surface area contributed by atoms with Gasteiger partial charge in [-0.2, -0.15) is 5.10 Å². The SMILES string of the molecule is CCOc1ccccc1C(=O)N/N=C\c1ccccc1OC(=O)c1sc2ccccc2c1Cl. The first-order chi connectivity index (χ1) is 16.1. The second-order valence-electron chi connectivity index (χ2n) is 6.80. The lowest BCUT2D eigenvalue weighted by Crippen LogP contribution is -2.18. The summed E-state index contributed by atoms with van der Waals surface area (Å²) < 4.78 is 12.0. The molecular weight excluding hydrogens is 460 g/mol. The van der Waals surface area contributed by atoms with Crippen molar-refractivity contribution in [1.82, 2.24) is 5.43 Å². The normalized spacial score (nSPS) is 11.0. The number of carbonyl (C=O) groups excluding carboxylic acids is 2. The number of hydrogen-bond acceptors (Lipinski definition) is 6. The molecule has 0 saturated heterocycles. The maximum Gasteiger partial charge on any atom is 0.355 e. The van der Waals surface area contributed by atoms with Gasteiger partial charge in [0.05, 0.1) is 23.4 Å². The minimum absolute atomic E-state index is 0.295. The Labute approximate surface area is 199 Å². The van der Waals surface area contributed by atoms with Gasteiger partial charge in [0, 0.05) is 15.6 Å². The van der Waals surface area contributed by atoms with Gasteiger partial charge in [0.25, 0.3) is 5.91 Å². The van der Waals surface area contributed by atoms with E-state index < -0.39 is 11.9 Å². The summed E-state index contributed by atoms with van der Waals surface area (Å²) in [6.45, 7) is 2.28. The van der Waals surface area contributed by atoms with Crippen LogP contribution in [0.25, 0.3) is 10.1 Å². The van der Waals surface area contributed by atoms with Gasteiger partial charge in [-0.05, 0) is 37.3 Å². The highest BCUT2D eigenvalue weighted by Gasteiger charge is 2.20. The molecule has 8 heteroatoms. The Morgan fingerprint density at radius 3 is 2.48 bits per heavy atom. The average Bonchev–Trinajstić information content (AvgIpc) is 3.17. The van der Waals surface area contributed by atoms with E-state index in [1.807, 2.05) is 31.2 Å². The number of ether oxygens (including phenoxy) is 2. The Balaban J connectivity index is 1.49. The number of halogens is 1. The molecule has 0 bridgehead atoms. The minimum Gasteiger partial charge on any atom is -0.493 e. The number of nitrogens with one attached hydrogen (secondary N) is 1. The molecule has 1 amide bonds. The minimum atomic E-state index is -0.559. The van der Waals surface area contributed by atoms with Crippen LogP contribution in [0, 0.1) is 0 Å². The molecule has 3 aromatic carbocycles. The molecule has 4 aromatic rings. The number of rotatable bonds is 7. The average molecular weight is 479 g/mol. The smallest absolute Gasteiger partial charge is 0.355 e. The number of nitrogens with zero attached hydrogens (tertiary/aromatic N) is 1. The number of esters is 1. The van der Waals surface area contributed by atoms with Crippen LogP contribution in [0.4, 0.5) is 0 Å². The number of benzene rings is 3. The number of hydrogen-bond donors (Lipinski definition) is 1. The van der Waals surface area contributed by atoms with E-state index >= 15 is 0 Å². The van der Waals surface area contributed by atoms with Crippen molar-refractivity contribution in [2.45, 2.75) is 6.92 Å². The molecule has 0 aliphatic carbocycles. The molecule has 1 heterocycles. The number of fused-ring (bicyclic) bond motifs is 1. The Bertz CT molecular complexity index is 1350. The fraction of sp³-hybridized carbons (Fsp3) is 0.0800. The van der Waals surface area contributed by atoms with Gasteiger partial charge < -0.3 is 9.47 Å². The molecule has 0 unspecified atom stereocenters. The molecule has 1 N–H and O–H groups in total. The molecular formula is C25H19ClN2O4S. The van der Waals surface area contributed by atoms with Crippen molar-refractivity contribution in [1.29, 1.82) is 0 Å².